The Morgan fingerprint density at radius 3 is 2.32 bits per heavy atom. The molecule has 0 aliphatic carbocycles. The zero-order valence-corrected chi connectivity index (χ0v) is 12.9. The van der Waals surface area contributed by atoms with Gasteiger partial charge in [0.2, 0.25) is 0 Å². The van der Waals surface area contributed by atoms with E-state index in [1.807, 2.05) is 18.2 Å². The van der Waals surface area contributed by atoms with Crippen LogP contribution in [-0.4, -0.2) is 27.0 Å². The SMILES string of the molecule is O=C(O)c1cccc(NC(=O)c2cnc(Oc3ccccc3)nc2)c1. The third-order valence-corrected chi connectivity index (χ3v) is 3.21. The van der Waals surface area contributed by atoms with Gasteiger partial charge in [0.05, 0.1) is 11.1 Å². The topological polar surface area (TPSA) is 101 Å². The molecule has 124 valence electrons. The van der Waals surface area contributed by atoms with E-state index in [9.17, 15) is 9.59 Å². The molecule has 0 aliphatic heterocycles. The number of aromatic nitrogens is 2. The van der Waals surface area contributed by atoms with Gasteiger partial charge in [-0.15, -0.1) is 0 Å². The molecule has 7 heteroatoms. The number of ether oxygens (including phenoxy) is 1. The van der Waals surface area contributed by atoms with Gasteiger partial charge in [-0.3, -0.25) is 4.79 Å². The van der Waals surface area contributed by atoms with Gasteiger partial charge in [-0.25, -0.2) is 14.8 Å². The van der Waals surface area contributed by atoms with E-state index in [4.69, 9.17) is 9.84 Å². The highest BCUT2D eigenvalue weighted by molar-refractivity contribution is 6.04. The van der Waals surface area contributed by atoms with Gasteiger partial charge < -0.3 is 15.2 Å². The molecule has 0 atom stereocenters. The zero-order valence-electron chi connectivity index (χ0n) is 12.9. The predicted molar refractivity (Wildman–Crippen MR) is 89.9 cm³/mol. The van der Waals surface area contributed by atoms with Crippen LogP contribution >= 0.6 is 0 Å². The third-order valence-electron chi connectivity index (χ3n) is 3.21. The fourth-order valence-electron chi connectivity index (χ4n) is 2.01. The number of para-hydroxylation sites is 1. The normalized spacial score (nSPS) is 10.1. The van der Waals surface area contributed by atoms with Crippen LogP contribution in [0.15, 0.2) is 67.0 Å². The molecule has 2 N–H and O–H groups in total. The lowest BCUT2D eigenvalue weighted by Gasteiger charge is -2.07. The molecule has 3 rings (SSSR count). The number of nitrogens with zero attached hydrogens (tertiary/aromatic N) is 2. The molecule has 2 aromatic carbocycles. The van der Waals surface area contributed by atoms with Gasteiger partial charge >= 0.3 is 12.0 Å². The van der Waals surface area contributed by atoms with Crippen LogP contribution in [0, 0.1) is 0 Å². The number of hydrogen-bond donors (Lipinski definition) is 2. The summed E-state index contributed by atoms with van der Waals surface area (Å²) in [5, 5.41) is 11.6. The molecule has 0 aliphatic rings. The summed E-state index contributed by atoms with van der Waals surface area (Å²) >= 11 is 0. The third kappa shape index (κ3) is 4.17. The minimum atomic E-state index is -1.07. The Kier molecular flexibility index (Phi) is 4.66. The molecule has 25 heavy (non-hydrogen) atoms. The van der Waals surface area contributed by atoms with E-state index >= 15 is 0 Å². The molecule has 0 saturated carbocycles. The molecule has 1 heterocycles. The molecule has 0 bridgehead atoms. The Balaban J connectivity index is 1.68. The van der Waals surface area contributed by atoms with Crippen molar-refractivity contribution in [2.45, 2.75) is 0 Å². The minimum absolute atomic E-state index is 0.0839. The number of aromatic carboxylic acids is 1. The Morgan fingerprint density at radius 2 is 1.64 bits per heavy atom. The minimum Gasteiger partial charge on any atom is -0.478 e. The fourth-order valence-corrected chi connectivity index (χ4v) is 2.01. The van der Waals surface area contributed by atoms with Crippen LogP contribution in [0.5, 0.6) is 11.8 Å². The van der Waals surface area contributed by atoms with E-state index in [-0.39, 0.29) is 17.1 Å². The zero-order chi connectivity index (χ0) is 17.6. The Labute approximate surface area is 142 Å². The first-order valence-corrected chi connectivity index (χ1v) is 7.31. The maximum atomic E-state index is 12.2. The molecule has 0 saturated heterocycles. The number of carbonyl (C=O) groups is 2. The summed E-state index contributed by atoms with van der Waals surface area (Å²) < 4.78 is 5.45. The van der Waals surface area contributed by atoms with E-state index < -0.39 is 11.9 Å². The fraction of sp³-hybridized carbons (Fsp3) is 0. The lowest BCUT2D eigenvalue weighted by molar-refractivity contribution is 0.0696. The molecular weight excluding hydrogens is 322 g/mol. The second kappa shape index (κ2) is 7.22. The Hall–Kier alpha value is -3.74. The van der Waals surface area contributed by atoms with Crippen molar-refractivity contribution < 1.29 is 19.4 Å². The predicted octanol–water partition coefficient (Wildman–Crippen LogP) is 3.22. The van der Waals surface area contributed by atoms with Crippen LogP contribution in [-0.2, 0) is 0 Å². The van der Waals surface area contributed by atoms with E-state index in [0.717, 1.165) is 0 Å². The van der Waals surface area contributed by atoms with Gasteiger partial charge in [0, 0.05) is 18.1 Å². The number of rotatable bonds is 5. The Morgan fingerprint density at radius 1 is 0.920 bits per heavy atom. The van der Waals surface area contributed by atoms with E-state index in [0.29, 0.717) is 11.4 Å². The summed E-state index contributed by atoms with van der Waals surface area (Å²) in [4.78, 5) is 31.1. The standard InChI is InChI=1S/C18H13N3O4/c22-16(21-14-6-4-5-12(9-14)17(23)24)13-10-19-18(20-11-13)25-15-7-2-1-3-8-15/h1-11H,(H,21,22)(H,23,24). The molecule has 0 unspecified atom stereocenters. The second-order valence-corrected chi connectivity index (χ2v) is 5.01. The smallest absolute Gasteiger partial charge is 0.335 e. The maximum absolute atomic E-state index is 12.2. The van der Waals surface area contributed by atoms with Crippen LogP contribution in [0.25, 0.3) is 0 Å². The quantitative estimate of drug-likeness (QED) is 0.742. The first-order chi connectivity index (χ1) is 12.1. The van der Waals surface area contributed by atoms with Gasteiger partial charge in [0.25, 0.3) is 5.91 Å². The summed E-state index contributed by atoms with van der Waals surface area (Å²) in [5.74, 6) is -0.930. The molecule has 1 amide bonds. The molecule has 7 nitrogen and oxygen atoms in total. The Bertz CT molecular complexity index is 896. The summed E-state index contributed by atoms with van der Waals surface area (Å²) in [6.45, 7) is 0. The van der Waals surface area contributed by atoms with E-state index in [1.165, 1.54) is 24.5 Å². The average Bonchev–Trinajstić information content (AvgIpc) is 2.63. The van der Waals surface area contributed by atoms with Crippen LogP contribution in [0.2, 0.25) is 0 Å². The lowest BCUT2D eigenvalue weighted by Crippen LogP contribution is -2.13. The molecule has 1 aromatic heterocycles. The highest BCUT2D eigenvalue weighted by Gasteiger charge is 2.10. The molecular formula is C18H13N3O4. The van der Waals surface area contributed by atoms with E-state index in [1.54, 1.807) is 24.3 Å². The lowest BCUT2D eigenvalue weighted by atomic mass is 10.2. The van der Waals surface area contributed by atoms with Crippen LogP contribution in [0.4, 0.5) is 5.69 Å². The number of benzene rings is 2. The maximum Gasteiger partial charge on any atom is 0.335 e. The summed E-state index contributed by atoms with van der Waals surface area (Å²) in [6, 6.07) is 15.1. The molecule has 0 fully saturated rings. The summed E-state index contributed by atoms with van der Waals surface area (Å²) in [7, 11) is 0. The van der Waals surface area contributed by atoms with Gasteiger partial charge in [0.15, 0.2) is 0 Å². The molecule has 3 aromatic rings. The molecule has 0 spiro atoms. The largest absolute Gasteiger partial charge is 0.478 e. The number of carboxylic acids is 1. The number of hydrogen-bond acceptors (Lipinski definition) is 5. The van der Waals surface area contributed by atoms with E-state index in [2.05, 4.69) is 15.3 Å². The summed E-state index contributed by atoms with van der Waals surface area (Å²) in [6.07, 6.45) is 2.67. The van der Waals surface area contributed by atoms with Gasteiger partial charge in [-0.05, 0) is 30.3 Å². The van der Waals surface area contributed by atoms with Crippen molar-refractivity contribution in [3.05, 3.63) is 78.1 Å². The van der Waals surface area contributed by atoms with Crippen molar-refractivity contribution in [3.8, 4) is 11.8 Å². The van der Waals surface area contributed by atoms with Crippen molar-refractivity contribution in [2.75, 3.05) is 5.32 Å². The van der Waals surface area contributed by atoms with Crippen molar-refractivity contribution in [1.82, 2.24) is 9.97 Å². The van der Waals surface area contributed by atoms with Gasteiger partial charge in [-0.1, -0.05) is 24.3 Å². The van der Waals surface area contributed by atoms with Crippen molar-refractivity contribution in [3.63, 3.8) is 0 Å². The number of amides is 1. The number of nitrogens with one attached hydrogen (secondary N) is 1. The number of carboxylic acid groups (broad SMARTS) is 1. The second-order valence-electron chi connectivity index (χ2n) is 5.01. The number of carbonyl (C=O) groups excluding carboxylic acids is 1. The number of anilines is 1. The monoisotopic (exact) mass is 335 g/mol. The van der Waals surface area contributed by atoms with Gasteiger partial charge in [-0.2, -0.15) is 0 Å². The first-order valence-electron chi connectivity index (χ1n) is 7.31. The first kappa shape index (κ1) is 16.1. The van der Waals surface area contributed by atoms with Gasteiger partial charge in [0.1, 0.15) is 5.75 Å². The summed E-state index contributed by atoms with van der Waals surface area (Å²) in [5.41, 5.74) is 0.677. The van der Waals surface area contributed by atoms with Crippen molar-refractivity contribution in [1.29, 1.82) is 0 Å². The van der Waals surface area contributed by atoms with Crippen molar-refractivity contribution >= 4 is 17.6 Å². The molecule has 0 radical (unpaired) electrons. The highest BCUT2D eigenvalue weighted by atomic mass is 16.5. The van der Waals surface area contributed by atoms with Crippen LogP contribution in [0.3, 0.4) is 0 Å². The van der Waals surface area contributed by atoms with Crippen LogP contribution < -0.4 is 10.1 Å². The highest BCUT2D eigenvalue weighted by Crippen LogP contribution is 2.17. The average molecular weight is 335 g/mol. The van der Waals surface area contributed by atoms with Crippen LogP contribution in [0.1, 0.15) is 20.7 Å². The van der Waals surface area contributed by atoms with Crippen molar-refractivity contribution in [2.24, 2.45) is 0 Å².